The Morgan fingerprint density at radius 2 is 1.92 bits per heavy atom. The van der Waals surface area contributed by atoms with E-state index >= 15 is 0 Å². The molecule has 7 nitrogen and oxygen atoms in total. The van der Waals surface area contributed by atoms with E-state index in [1.165, 1.54) is 19.3 Å². The maximum atomic E-state index is 11.1. The fourth-order valence-corrected chi connectivity index (χ4v) is 2.54. The van der Waals surface area contributed by atoms with Crippen molar-refractivity contribution in [3.05, 3.63) is 24.3 Å². The van der Waals surface area contributed by atoms with Crippen molar-refractivity contribution in [1.29, 1.82) is 0 Å². The quantitative estimate of drug-likeness (QED) is 0.319. The first-order valence-electron chi connectivity index (χ1n) is 8.15. The molecule has 0 bridgehead atoms. The van der Waals surface area contributed by atoms with Crippen LogP contribution in [-0.2, 0) is 10.0 Å². The normalized spacial score (nSPS) is 12.0. The molecule has 1 aromatic carbocycles. The molecule has 4 N–H and O–H groups in total. The fourth-order valence-electron chi connectivity index (χ4n) is 1.98. The molecule has 136 valence electrons. The van der Waals surface area contributed by atoms with Gasteiger partial charge in [-0.15, -0.1) is 0 Å². The highest BCUT2D eigenvalue weighted by Gasteiger charge is 2.01. The Labute approximate surface area is 144 Å². The zero-order valence-corrected chi connectivity index (χ0v) is 15.2. The third-order valence-electron chi connectivity index (χ3n) is 3.13. The Bertz CT molecular complexity index is 600. The number of rotatable bonds is 11. The van der Waals surface area contributed by atoms with Crippen molar-refractivity contribution >= 4 is 21.7 Å². The first-order chi connectivity index (χ1) is 11.4. The van der Waals surface area contributed by atoms with Gasteiger partial charge in [0.15, 0.2) is 5.96 Å². The smallest absolute Gasteiger partial charge is 0.229 e. The minimum Gasteiger partial charge on any atom is -0.492 e. The van der Waals surface area contributed by atoms with E-state index in [2.05, 4.69) is 22.0 Å². The van der Waals surface area contributed by atoms with Gasteiger partial charge in [0, 0.05) is 12.2 Å². The molecule has 1 aromatic rings. The highest BCUT2D eigenvalue weighted by Crippen LogP contribution is 2.16. The van der Waals surface area contributed by atoms with Gasteiger partial charge in [-0.05, 0) is 30.7 Å². The van der Waals surface area contributed by atoms with Crippen molar-refractivity contribution in [3.63, 3.8) is 0 Å². The Balaban J connectivity index is 2.21. The maximum Gasteiger partial charge on any atom is 0.229 e. The number of hydrogen-bond donors (Lipinski definition) is 3. The van der Waals surface area contributed by atoms with Gasteiger partial charge in [0.1, 0.15) is 12.4 Å². The second-order valence-electron chi connectivity index (χ2n) is 5.50. The lowest BCUT2D eigenvalue weighted by atomic mass is 10.2. The van der Waals surface area contributed by atoms with E-state index in [-0.39, 0.29) is 0 Å². The summed E-state index contributed by atoms with van der Waals surface area (Å²) in [5, 5.41) is 3.00. The average molecular weight is 356 g/mol. The van der Waals surface area contributed by atoms with Gasteiger partial charge in [-0.25, -0.2) is 8.42 Å². The first kappa shape index (κ1) is 20.1. The van der Waals surface area contributed by atoms with Crippen LogP contribution in [0.2, 0.25) is 0 Å². The van der Waals surface area contributed by atoms with Crippen LogP contribution in [0.1, 0.15) is 32.6 Å². The molecule has 0 spiro atoms. The van der Waals surface area contributed by atoms with Crippen LogP contribution < -0.4 is 20.5 Å². The zero-order valence-electron chi connectivity index (χ0n) is 14.4. The molecule has 0 fully saturated rings. The summed E-state index contributed by atoms with van der Waals surface area (Å²) < 4.78 is 30.2. The molecule has 0 aliphatic heterocycles. The monoisotopic (exact) mass is 356 g/mol. The van der Waals surface area contributed by atoms with Crippen LogP contribution in [0.15, 0.2) is 29.3 Å². The second-order valence-corrected chi connectivity index (χ2v) is 7.25. The molecule has 24 heavy (non-hydrogen) atoms. The third kappa shape index (κ3) is 9.94. The number of ether oxygens (including phenoxy) is 1. The highest BCUT2D eigenvalue weighted by molar-refractivity contribution is 7.92. The lowest BCUT2D eigenvalue weighted by molar-refractivity contribution is 0.322. The second kappa shape index (κ2) is 10.7. The number of hydrogen-bond acceptors (Lipinski definition) is 4. The summed E-state index contributed by atoms with van der Waals surface area (Å²) in [6.45, 7) is 3.90. The van der Waals surface area contributed by atoms with Gasteiger partial charge < -0.3 is 15.8 Å². The number of nitrogens with one attached hydrogen (secondary N) is 2. The molecule has 0 heterocycles. The molecule has 0 unspecified atom stereocenters. The molecule has 1 rings (SSSR count). The Hall–Kier alpha value is -1.96. The van der Waals surface area contributed by atoms with Crippen molar-refractivity contribution in [3.8, 4) is 5.75 Å². The summed E-state index contributed by atoms with van der Waals surface area (Å²) in [6.07, 6.45) is 5.79. The summed E-state index contributed by atoms with van der Waals surface area (Å²) in [7, 11) is -3.26. The summed E-state index contributed by atoms with van der Waals surface area (Å²) >= 11 is 0. The van der Waals surface area contributed by atoms with Crippen LogP contribution in [0.3, 0.4) is 0 Å². The molecule has 0 aliphatic carbocycles. The molecule has 0 aromatic heterocycles. The van der Waals surface area contributed by atoms with E-state index in [0.29, 0.717) is 30.5 Å². The maximum absolute atomic E-state index is 11.1. The van der Waals surface area contributed by atoms with E-state index < -0.39 is 10.0 Å². The number of nitrogens with two attached hydrogens (primary N) is 1. The molecular weight excluding hydrogens is 328 g/mol. The molecule has 0 atom stereocenters. The number of anilines is 1. The van der Waals surface area contributed by atoms with E-state index in [4.69, 9.17) is 10.5 Å². The number of guanidine groups is 1. The highest BCUT2D eigenvalue weighted by atomic mass is 32.2. The minimum atomic E-state index is -3.26. The Morgan fingerprint density at radius 3 is 2.54 bits per heavy atom. The van der Waals surface area contributed by atoms with E-state index in [1.54, 1.807) is 24.3 Å². The largest absolute Gasteiger partial charge is 0.492 e. The predicted molar refractivity (Wildman–Crippen MR) is 99.0 cm³/mol. The molecule has 0 aliphatic rings. The lowest BCUT2D eigenvalue weighted by Crippen LogP contribution is -2.34. The molecule has 0 saturated heterocycles. The Morgan fingerprint density at radius 1 is 1.21 bits per heavy atom. The van der Waals surface area contributed by atoms with Crippen molar-refractivity contribution in [2.24, 2.45) is 10.7 Å². The van der Waals surface area contributed by atoms with E-state index in [9.17, 15) is 8.42 Å². The number of benzene rings is 1. The van der Waals surface area contributed by atoms with Crippen molar-refractivity contribution < 1.29 is 13.2 Å². The molecule has 8 heteroatoms. The van der Waals surface area contributed by atoms with Crippen LogP contribution in [0.4, 0.5) is 5.69 Å². The Kier molecular flexibility index (Phi) is 8.99. The van der Waals surface area contributed by atoms with Crippen molar-refractivity contribution in [2.75, 3.05) is 30.7 Å². The van der Waals surface area contributed by atoms with Gasteiger partial charge in [0.2, 0.25) is 10.0 Å². The van der Waals surface area contributed by atoms with Gasteiger partial charge in [-0.3, -0.25) is 9.71 Å². The van der Waals surface area contributed by atoms with Crippen LogP contribution in [0, 0.1) is 0 Å². The van der Waals surface area contributed by atoms with Crippen LogP contribution in [-0.4, -0.2) is 40.3 Å². The summed E-state index contributed by atoms with van der Waals surface area (Å²) in [5.41, 5.74) is 6.27. The van der Waals surface area contributed by atoms with Gasteiger partial charge in [0.05, 0.1) is 12.8 Å². The van der Waals surface area contributed by atoms with Gasteiger partial charge in [0.25, 0.3) is 0 Å². The number of aliphatic imine (C=N–C) groups is 1. The first-order valence-corrected chi connectivity index (χ1v) is 10.0. The van der Waals surface area contributed by atoms with E-state index in [0.717, 1.165) is 19.2 Å². The SMILES string of the molecule is CCCCCCN=C(N)NCCOc1ccc(NS(C)(=O)=O)cc1. The van der Waals surface area contributed by atoms with Crippen LogP contribution >= 0.6 is 0 Å². The molecule has 0 amide bonds. The number of unbranched alkanes of at least 4 members (excludes halogenated alkanes) is 3. The van der Waals surface area contributed by atoms with Crippen LogP contribution in [0.5, 0.6) is 5.75 Å². The molecule has 0 saturated carbocycles. The minimum absolute atomic E-state index is 0.433. The molecular formula is C16H28N4O3S. The summed E-state index contributed by atoms with van der Waals surface area (Å²) in [4.78, 5) is 4.25. The van der Waals surface area contributed by atoms with Gasteiger partial charge >= 0.3 is 0 Å². The number of sulfonamides is 1. The zero-order chi connectivity index (χ0) is 17.8. The summed E-state index contributed by atoms with van der Waals surface area (Å²) in [6, 6.07) is 6.71. The van der Waals surface area contributed by atoms with Crippen molar-refractivity contribution in [2.45, 2.75) is 32.6 Å². The standard InChI is InChI=1S/C16H28N4O3S/c1-3-4-5-6-11-18-16(17)19-12-13-23-15-9-7-14(8-10-15)20-24(2,21)22/h7-10,20H,3-6,11-13H2,1-2H3,(H3,17,18,19). The van der Waals surface area contributed by atoms with Gasteiger partial charge in [-0.1, -0.05) is 26.2 Å². The van der Waals surface area contributed by atoms with E-state index in [1.807, 2.05) is 0 Å². The third-order valence-corrected chi connectivity index (χ3v) is 3.73. The van der Waals surface area contributed by atoms with Crippen molar-refractivity contribution in [1.82, 2.24) is 5.32 Å². The predicted octanol–water partition coefficient (Wildman–Crippen LogP) is 1.92. The number of nitrogens with zero attached hydrogens (tertiary/aromatic N) is 1. The topological polar surface area (TPSA) is 106 Å². The van der Waals surface area contributed by atoms with Gasteiger partial charge in [-0.2, -0.15) is 0 Å². The average Bonchev–Trinajstić information content (AvgIpc) is 2.51. The molecule has 0 radical (unpaired) electrons. The van der Waals surface area contributed by atoms with Crippen LogP contribution in [0.25, 0.3) is 0 Å². The fraction of sp³-hybridized carbons (Fsp3) is 0.562. The lowest BCUT2D eigenvalue weighted by Gasteiger charge is -2.09. The summed E-state index contributed by atoms with van der Waals surface area (Å²) in [5.74, 6) is 1.09.